The molecule has 19 heavy (non-hydrogen) atoms. The van der Waals surface area contributed by atoms with Crippen LogP contribution >= 0.6 is 0 Å². The number of ether oxygens (including phenoxy) is 1. The maximum atomic E-state index is 5.70. The van der Waals surface area contributed by atoms with Crippen molar-refractivity contribution in [2.24, 2.45) is 11.8 Å². The molecule has 0 radical (unpaired) electrons. The average Bonchev–Trinajstić information content (AvgIpc) is 2.47. The predicted molar refractivity (Wildman–Crippen MR) is 78.0 cm³/mol. The Balaban J connectivity index is 1.56. The molecule has 0 amide bonds. The molecule has 1 atom stereocenters. The second-order valence-electron chi connectivity index (χ2n) is 6.30. The van der Waals surface area contributed by atoms with Gasteiger partial charge in [-0.05, 0) is 42.3 Å². The molecule has 1 saturated carbocycles. The van der Waals surface area contributed by atoms with Crippen molar-refractivity contribution in [1.82, 2.24) is 5.32 Å². The molecule has 0 aromatic heterocycles. The molecule has 2 heteroatoms. The van der Waals surface area contributed by atoms with Crippen LogP contribution in [0, 0.1) is 11.8 Å². The number of rotatable bonds is 3. The van der Waals surface area contributed by atoms with Gasteiger partial charge in [-0.3, -0.25) is 0 Å². The molecular formula is C17H25NO. The van der Waals surface area contributed by atoms with E-state index in [0.29, 0.717) is 6.04 Å². The second kappa shape index (κ2) is 6.06. The standard InChI is InChI=1S/C17H25NO/c1-13-6-8-14(9-7-13)10-18-17-12-19-11-15-4-2-3-5-16(15)17/h2-5,13-14,17-18H,6-12H2,1H3. The zero-order valence-electron chi connectivity index (χ0n) is 11.9. The number of hydrogen-bond acceptors (Lipinski definition) is 2. The molecule has 1 N–H and O–H groups in total. The molecule has 1 heterocycles. The van der Waals surface area contributed by atoms with E-state index in [1.54, 1.807) is 0 Å². The van der Waals surface area contributed by atoms with E-state index >= 15 is 0 Å². The summed E-state index contributed by atoms with van der Waals surface area (Å²) in [7, 11) is 0. The summed E-state index contributed by atoms with van der Waals surface area (Å²) in [5.74, 6) is 1.81. The van der Waals surface area contributed by atoms with Gasteiger partial charge in [-0.25, -0.2) is 0 Å². The van der Waals surface area contributed by atoms with E-state index in [0.717, 1.165) is 31.6 Å². The first kappa shape index (κ1) is 13.1. The van der Waals surface area contributed by atoms with Gasteiger partial charge in [-0.2, -0.15) is 0 Å². The summed E-state index contributed by atoms with van der Waals surface area (Å²) in [6, 6.07) is 9.07. The molecule has 1 aromatic rings. The van der Waals surface area contributed by atoms with Crippen molar-refractivity contribution >= 4 is 0 Å². The van der Waals surface area contributed by atoms with Crippen LogP contribution in [-0.4, -0.2) is 13.2 Å². The first-order valence-corrected chi connectivity index (χ1v) is 7.72. The molecule has 1 aliphatic carbocycles. The van der Waals surface area contributed by atoms with Crippen LogP contribution in [0.5, 0.6) is 0 Å². The summed E-state index contributed by atoms with van der Waals surface area (Å²) in [4.78, 5) is 0. The first-order chi connectivity index (χ1) is 9.33. The smallest absolute Gasteiger partial charge is 0.0721 e. The summed E-state index contributed by atoms with van der Waals surface area (Å²) in [6.07, 6.45) is 5.60. The lowest BCUT2D eigenvalue weighted by Crippen LogP contribution is -2.34. The van der Waals surface area contributed by atoms with Gasteiger partial charge < -0.3 is 10.1 Å². The third-order valence-corrected chi connectivity index (χ3v) is 4.76. The lowest BCUT2D eigenvalue weighted by atomic mass is 9.83. The van der Waals surface area contributed by atoms with Gasteiger partial charge in [0.05, 0.1) is 19.3 Å². The Morgan fingerprint density at radius 2 is 1.95 bits per heavy atom. The normalized spacial score (nSPS) is 30.9. The molecule has 1 unspecified atom stereocenters. The van der Waals surface area contributed by atoms with Crippen molar-refractivity contribution < 1.29 is 4.74 Å². The van der Waals surface area contributed by atoms with Crippen molar-refractivity contribution in [3.05, 3.63) is 35.4 Å². The Bertz CT molecular complexity index is 409. The fourth-order valence-electron chi connectivity index (χ4n) is 3.39. The zero-order valence-corrected chi connectivity index (χ0v) is 11.9. The van der Waals surface area contributed by atoms with Crippen LogP contribution in [0.4, 0.5) is 0 Å². The zero-order chi connectivity index (χ0) is 13.1. The van der Waals surface area contributed by atoms with Crippen LogP contribution in [0.3, 0.4) is 0 Å². The predicted octanol–water partition coefficient (Wildman–Crippen LogP) is 3.67. The molecule has 0 saturated heterocycles. The number of benzene rings is 1. The van der Waals surface area contributed by atoms with Gasteiger partial charge in [-0.1, -0.05) is 44.0 Å². The van der Waals surface area contributed by atoms with Crippen LogP contribution in [0.2, 0.25) is 0 Å². The highest BCUT2D eigenvalue weighted by molar-refractivity contribution is 5.31. The van der Waals surface area contributed by atoms with E-state index in [1.807, 2.05) is 0 Å². The summed E-state index contributed by atoms with van der Waals surface area (Å²) < 4.78 is 5.70. The van der Waals surface area contributed by atoms with Gasteiger partial charge >= 0.3 is 0 Å². The van der Waals surface area contributed by atoms with Crippen LogP contribution in [-0.2, 0) is 11.3 Å². The minimum absolute atomic E-state index is 0.393. The third kappa shape index (κ3) is 3.18. The van der Waals surface area contributed by atoms with Crippen molar-refractivity contribution in [2.75, 3.05) is 13.2 Å². The average molecular weight is 259 g/mol. The van der Waals surface area contributed by atoms with Crippen molar-refractivity contribution in [3.8, 4) is 0 Å². The van der Waals surface area contributed by atoms with Crippen LogP contribution in [0.25, 0.3) is 0 Å². The quantitative estimate of drug-likeness (QED) is 0.894. The molecule has 1 aromatic carbocycles. The van der Waals surface area contributed by atoms with Gasteiger partial charge in [0.15, 0.2) is 0 Å². The van der Waals surface area contributed by atoms with Gasteiger partial charge in [0.25, 0.3) is 0 Å². The van der Waals surface area contributed by atoms with E-state index in [9.17, 15) is 0 Å². The van der Waals surface area contributed by atoms with Gasteiger partial charge in [-0.15, -0.1) is 0 Å². The molecule has 1 fully saturated rings. The minimum atomic E-state index is 0.393. The maximum Gasteiger partial charge on any atom is 0.0721 e. The molecule has 0 spiro atoms. The summed E-state index contributed by atoms with van der Waals surface area (Å²) in [5.41, 5.74) is 2.79. The Labute approximate surface area is 116 Å². The molecule has 3 rings (SSSR count). The molecule has 2 nitrogen and oxygen atoms in total. The Morgan fingerprint density at radius 1 is 1.16 bits per heavy atom. The van der Waals surface area contributed by atoms with Crippen molar-refractivity contribution in [3.63, 3.8) is 0 Å². The number of hydrogen-bond donors (Lipinski definition) is 1. The van der Waals surface area contributed by atoms with E-state index < -0.39 is 0 Å². The lowest BCUT2D eigenvalue weighted by molar-refractivity contribution is 0.0798. The van der Waals surface area contributed by atoms with E-state index in [1.165, 1.54) is 36.8 Å². The van der Waals surface area contributed by atoms with Crippen molar-refractivity contribution in [1.29, 1.82) is 0 Å². The third-order valence-electron chi connectivity index (χ3n) is 4.76. The van der Waals surface area contributed by atoms with Gasteiger partial charge in [0.2, 0.25) is 0 Å². The molecular weight excluding hydrogens is 234 g/mol. The minimum Gasteiger partial charge on any atom is -0.375 e. The monoisotopic (exact) mass is 259 g/mol. The SMILES string of the molecule is CC1CCC(CNC2COCc3ccccc32)CC1. The van der Waals surface area contributed by atoms with E-state index in [4.69, 9.17) is 4.74 Å². The summed E-state index contributed by atoms with van der Waals surface area (Å²) in [6.45, 7) is 5.12. The number of fused-ring (bicyclic) bond motifs is 1. The topological polar surface area (TPSA) is 21.3 Å². The summed E-state index contributed by atoms with van der Waals surface area (Å²) >= 11 is 0. The lowest BCUT2D eigenvalue weighted by Gasteiger charge is -2.31. The van der Waals surface area contributed by atoms with Crippen LogP contribution in [0.1, 0.15) is 49.8 Å². The highest BCUT2D eigenvalue weighted by atomic mass is 16.5. The second-order valence-corrected chi connectivity index (χ2v) is 6.30. The Hall–Kier alpha value is -0.860. The highest BCUT2D eigenvalue weighted by Crippen LogP contribution is 2.29. The van der Waals surface area contributed by atoms with E-state index in [2.05, 4.69) is 36.5 Å². The maximum absolute atomic E-state index is 5.70. The Kier molecular flexibility index (Phi) is 4.19. The highest BCUT2D eigenvalue weighted by Gasteiger charge is 2.23. The van der Waals surface area contributed by atoms with Crippen LogP contribution in [0.15, 0.2) is 24.3 Å². The van der Waals surface area contributed by atoms with E-state index in [-0.39, 0.29) is 0 Å². The van der Waals surface area contributed by atoms with Gasteiger partial charge in [0.1, 0.15) is 0 Å². The van der Waals surface area contributed by atoms with Crippen molar-refractivity contribution in [2.45, 2.75) is 45.3 Å². The molecule has 2 aliphatic rings. The summed E-state index contributed by atoms with van der Waals surface area (Å²) in [5, 5.41) is 3.74. The Morgan fingerprint density at radius 3 is 2.79 bits per heavy atom. The fourth-order valence-corrected chi connectivity index (χ4v) is 3.39. The number of nitrogens with one attached hydrogen (secondary N) is 1. The molecule has 1 aliphatic heterocycles. The molecule has 104 valence electrons. The van der Waals surface area contributed by atoms with Gasteiger partial charge in [0, 0.05) is 0 Å². The fraction of sp³-hybridized carbons (Fsp3) is 0.647. The molecule has 0 bridgehead atoms. The largest absolute Gasteiger partial charge is 0.375 e. The first-order valence-electron chi connectivity index (χ1n) is 7.72. The van der Waals surface area contributed by atoms with Crippen LogP contribution < -0.4 is 5.32 Å².